The van der Waals surface area contributed by atoms with E-state index in [0.29, 0.717) is 0 Å². The fourth-order valence-corrected chi connectivity index (χ4v) is 3.00. The standard InChI is InChI=1S/C13H20N2OS/c1-11(10-12-6-5-9-17-12)14(2)13(16)15-7-3-4-8-15/h5-6,9,11H,3-4,7-8,10H2,1-2H3. The number of carbonyl (C=O) groups excluding carboxylic acids is 1. The van der Waals surface area contributed by atoms with Gasteiger partial charge in [0, 0.05) is 37.5 Å². The second kappa shape index (κ2) is 5.54. The average Bonchev–Trinajstić information content (AvgIpc) is 2.99. The molecule has 1 aliphatic rings. The molecule has 0 N–H and O–H groups in total. The molecule has 2 rings (SSSR count). The molecule has 3 nitrogen and oxygen atoms in total. The van der Waals surface area contributed by atoms with Crippen LogP contribution in [0.15, 0.2) is 17.5 Å². The van der Waals surface area contributed by atoms with E-state index >= 15 is 0 Å². The van der Waals surface area contributed by atoms with Gasteiger partial charge in [0.25, 0.3) is 0 Å². The molecule has 1 aromatic rings. The van der Waals surface area contributed by atoms with Gasteiger partial charge in [-0.05, 0) is 31.2 Å². The lowest BCUT2D eigenvalue weighted by Crippen LogP contribution is -2.44. The lowest BCUT2D eigenvalue weighted by molar-refractivity contribution is 0.159. The van der Waals surface area contributed by atoms with E-state index in [1.807, 2.05) is 16.8 Å². The van der Waals surface area contributed by atoms with Crippen LogP contribution in [-0.2, 0) is 6.42 Å². The summed E-state index contributed by atoms with van der Waals surface area (Å²) in [4.78, 5) is 17.4. The van der Waals surface area contributed by atoms with Crippen molar-refractivity contribution in [3.8, 4) is 0 Å². The molecule has 0 saturated carbocycles. The summed E-state index contributed by atoms with van der Waals surface area (Å²) in [5, 5.41) is 2.09. The first-order valence-corrected chi connectivity index (χ1v) is 7.10. The van der Waals surface area contributed by atoms with Crippen molar-refractivity contribution in [2.75, 3.05) is 20.1 Å². The first kappa shape index (κ1) is 12.4. The van der Waals surface area contributed by atoms with Crippen LogP contribution in [0.25, 0.3) is 0 Å². The van der Waals surface area contributed by atoms with Gasteiger partial charge >= 0.3 is 6.03 Å². The third-order valence-corrected chi connectivity index (χ3v) is 4.31. The average molecular weight is 252 g/mol. The number of likely N-dealkylation sites (tertiary alicyclic amines) is 1. The monoisotopic (exact) mass is 252 g/mol. The van der Waals surface area contributed by atoms with Crippen LogP contribution in [0.3, 0.4) is 0 Å². The zero-order chi connectivity index (χ0) is 12.3. The van der Waals surface area contributed by atoms with Gasteiger partial charge in [-0.1, -0.05) is 6.07 Å². The van der Waals surface area contributed by atoms with Crippen LogP contribution in [0.4, 0.5) is 4.79 Å². The van der Waals surface area contributed by atoms with Crippen LogP contribution in [-0.4, -0.2) is 42.0 Å². The SMILES string of the molecule is CC(Cc1cccs1)N(C)C(=O)N1CCCC1. The molecule has 2 heterocycles. The van der Waals surface area contributed by atoms with Gasteiger partial charge in [-0.15, -0.1) is 11.3 Å². The fourth-order valence-electron chi connectivity index (χ4n) is 2.18. The number of likely N-dealkylation sites (N-methyl/N-ethyl adjacent to an activating group) is 1. The number of nitrogens with zero attached hydrogens (tertiary/aromatic N) is 2. The smallest absolute Gasteiger partial charge is 0.319 e. The molecule has 0 radical (unpaired) electrons. The normalized spacial score (nSPS) is 17.2. The zero-order valence-electron chi connectivity index (χ0n) is 10.6. The summed E-state index contributed by atoms with van der Waals surface area (Å²) in [6.07, 6.45) is 3.26. The van der Waals surface area contributed by atoms with E-state index in [1.165, 1.54) is 4.88 Å². The number of thiophene rings is 1. The molecule has 0 bridgehead atoms. The van der Waals surface area contributed by atoms with Crippen molar-refractivity contribution < 1.29 is 4.79 Å². The van der Waals surface area contributed by atoms with E-state index in [-0.39, 0.29) is 12.1 Å². The molecule has 17 heavy (non-hydrogen) atoms. The molecule has 2 amide bonds. The van der Waals surface area contributed by atoms with E-state index in [4.69, 9.17) is 0 Å². The van der Waals surface area contributed by atoms with Gasteiger partial charge in [0.05, 0.1) is 0 Å². The van der Waals surface area contributed by atoms with Gasteiger partial charge in [0.15, 0.2) is 0 Å². The van der Waals surface area contributed by atoms with Crippen LogP contribution in [0, 0.1) is 0 Å². The minimum atomic E-state index is 0.187. The van der Waals surface area contributed by atoms with Crippen LogP contribution in [0.5, 0.6) is 0 Å². The summed E-state index contributed by atoms with van der Waals surface area (Å²) in [5.41, 5.74) is 0. The molecule has 4 heteroatoms. The number of hydrogen-bond acceptors (Lipinski definition) is 2. The third-order valence-electron chi connectivity index (χ3n) is 3.42. The van der Waals surface area contributed by atoms with Crippen molar-refractivity contribution >= 4 is 17.4 Å². The molecular weight excluding hydrogens is 232 g/mol. The summed E-state index contributed by atoms with van der Waals surface area (Å²) in [6, 6.07) is 4.65. The second-order valence-electron chi connectivity index (χ2n) is 4.72. The Hall–Kier alpha value is -1.03. The van der Waals surface area contributed by atoms with E-state index < -0.39 is 0 Å². The zero-order valence-corrected chi connectivity index (χ0v) is 11.4. The predicted octanol–water partition coefficient (Wildman–Crippen LogP) is 2.83. The molecule has 1 saturated heterocycles. The van der Waals surface area contributed by atoms with Crippen molar-refractivity contribution in [3.05, 3.63) is 22.4 Å². The van der Waals surface area contributed by atoms with Gasteiger partial charge in [0.1, 0.15) is 0 Å². The number of carbonyl (C=O) groups is 1. The maximum Gasteiger partial charge on any atom is 0.319 e. The highest BCUT2D eigenvalue weighted by molar-refractivity contribution is 7.09. The van der Waals surface area contributed by atoms with Crippen LogP contribution in [0.1, 0.15) is 24.6 Å². The fraction of sp³-hybridized carbons (Fsp3) is 0.615. The minimum Gasteiger partial charge on any atom is -0.325 e. The quantitative estimate of drug-likeness (QED) is 0.811. The largest absolute Gasteiger partial charge is 0.325 e. The summed E-state index contributed by atoms with van der Waals surface area (Å²) < 4.78 is 0. The van der Waals surface area contributed by atoms with Crippen molar-refractivity contribution in [1.82, 2.24) is 9.80 Å². The first-order valence-electron chi connectivity index (χ1n) is 6.22. The maximum absolute atomic E-state index is 12.2. The third kappa shape index (κ3) is 3.00. The van der Waals surface area contributed by atoms with E-state index in [1.54, 1.807) is 11.3 Å². The maximum atomic E-state index is 12.2. The lowest BCUT2D eigenvalue weighted by Gasteiger charge is -2.29. The molecule has 0 aromatic carbocycles. The van der Waals surface area contributed by atoms with E-state index in [2.05, 4.69) is 24.4 Å². The number of amides is 2. The molecule has 94 valence electrons. The Morgan fingerprint density at radius 3 is 2.82 bits per heavy atom. The summed E-state index contributed by atoms with van der Waals surface area (Å²) in [6.45, 7) is 3.97. The van der Waals surface area contributed by atoms with Gasteiger partial charge in [-0.25, -0.2) is 4.79 Å². The molecular formula is C13H20N2OS. The van der Waals surface area contributed by atoms with Crippen molar-refractivity contribution in [2.45, 2.75) is 32.2 Å². The summed E-state index contributed by atoms with van der Waals surface area (Å²) in [7, 11) is 1.92. The highest BCUT2D eigenvalue weighted by Crippen LogP contribution is 2.16. The highest BCUT2D eigenvalue weighted by Gasteiger charge is 2.24. The Balaban J connectivity index is 1.89. The molecule has 1 atom stereocenters. The molecule has 1 fully saturated rings. The molecule has 0 aliphatic carbocycles. The molecule has 0 spiro atoms. The van der Waals surface area contributed by atoms with Crippen molar-refractivity contribution in [2.24, 2.45) is 0 Å². The van der Waals surface area contributed by atoms with Crippen molar-refractivity contribution in [3.63, 3.8) is 0 Å². The van der Waals surface area contributed by atoms with E-state index in [0.717, 1.165) is 32.4 Å². The Labute approximate surface area is 107 Å². The van der Waals surface area contributed by atoms with Gasteiger partial charge in [0.2, 0.25) is 0 Å². The van der Waals surface area contributed by atoms with Crippen LogP contribution >= 0.6 is 11.3 Å². The highest BCUT2D eigenvalue weighted by atomic mass is 32.1. The Kier molecular flexibility index (Phi) is 4.05. The van der Waals surface area contributed by atoms with Gasteiger partial charge in [-0.3, -0.25) is 0 Å². The van der Waals surface area contributed by atoms with Crippen molar-refractivity contribution in [1.29, 1.82) is 0 Å². The Morgan fingerprint density at radius 2 is 2.24 bits per heavy atom. The van der Waals surface area contributed by atoms with Crippen LogP contribution < -0.4 is 0 Å². The number of urea groups is 1. The molecule has 1 unspecified atom stereocenters. The second-order valence-corrected chi connectivity index (χ2v) is 5.75. The van der Waals surface area contributed by atoms with E-state index in [9.17, 15) is 4.79 Å². The Bertz CT molecular complexity index is 358. The molecule has 1 aromatic heterocycles. The Morgan fingerprint density at radius 1 is 1.53 bits per heavy atom. The van der Waals surface area contributed by atoms with Crippen LogP contribution in [0.2, 0.25) is 0 Å². The topological polar surface area (TPSA) is 23.6 Å². The predicted molar refractivity (Wildman–Crippen MR) is 71.5 cm³/mol. The number of rotatable bonds is 3. The summed E-state index contributed by atoms with van der Waals surface area (Å²) >= 11 is 1.76. The first-order chi connectivity index (χ1) is 8.18. The lowest BCUT2D eigenvalue weighted by atomic mass is 10.2. The summed E-state index contributed by atoms with van der Waals surface area (Å²) in [5.74, 6) is 0. The minimum absolute atomic E-state index is 0.187. The molecule has 1 aliphatic heterocycles. The van der Waals surface area contributed by atoms with Gasteiger partial charge < -0.3 is 9.80 Å². The van der Waals surface area contributed by atoms with Gasteiger partial charge in [-0.2, -0.15) is 0 Å². The number of hydrogen-bond donors (Lipinski definition) is 0.